The molecule has 3 aromatic carbocycles. The second-order valence-electron chi connectivity index (χ2n) is 9.15. The minimum absolute atomic E-state index is 0.0675. The van der Waals surface area contributed by atoms with Gasteiger partial charge in [-0.2, -0.15) is 0 Å². The molecular weight excluding hydrogens is 522 g/mol. The number of carbonyl (C=O) groups is 2. The highest BCUT2D eigenvalue weighted by Gasteiger charge is 2.32. The van der Waals surface area contributed by atoms with Gasteiger partial charge in [0, 0.05) is 18.1 Å². The summed E-state index contributed by atoms with van der Waals surface area (Å²) in [6.45, 7) is 7.26. The molecule has 0 fully saturated rings. The number of amides is 2. The van der Waals surface area contributed by atoms with E-state index in [0.717, 1.165) is 15.4 Å². The van der Waals surface area contributed by atoms with Gasteiger partial charge in [0.15, 0.2) is 0 Å². The fourth-order valence-electron chi connectivity index (χ4n) is 4.14. The highest BCUT2D eigenvalue weighted by Crippen LogP contribution is 2.29. The molecule has 202 valence electrons. The first-order valence-corrected chi connectivity index (χ1v) is 14.3. The summed E-state index contributed by atoms with van der Waals surface area (Å²) in [5, 5.41) is 3.22. The number of hydrogen-bond donors (Lipinski definition) is 1. The van der Waals surface area contributed by atoms with Crippen LogP contribution in [0.3, 0.4) is 0 Å². The Bertz CT molecular complexity index is 1360. The van der Waals surface area contributed by atoms with E-state index in [1.165, 1.54) is 17.0 Å². The van der Waals surface area contributed by atoms with Gasteiger partial charge in [0.2, 0.25) is 11.8 Å². The molecule has 1 atom stereocenters. The quantitative estimate of drug-likeness (QED) is 0.370. The van der Waals surface area contributed by atoms with Crippen molar-refractivity contribution >= 4 is 39.1 Å². The summed E-state index contributed by atoms with van der Waals surface area (Å²) in [6, 6.07) is 20.2. The molecule has 0 aliphatic rings. The van der Waals surface area contributed by atoms with Gasteiger partial charge in [-0.3, -0.25) is 13.9 Å². The van der Waals surface area contributed by atoms with Crippen LogP contribution >= 0.6 is 11.6 Å². The number of rotatable bonds is 11. The zero-order valence-corrected chi connectivity index (χ0v) is 23.7. The molecule has 7 nitrogen and oxygen atoms in total. The Morgan fingerprint density at radius 1 is 0.974 bits per heavy atom. The van der Waals surface area contributed by atoms with Crippen molar-refractivity contribution in [2.45, 2.75) is 45.1 Å². The predicted molar refractivity (Wildman–Crippen MR) is 152 cm³/mol. The average Bonchev–Trinajstić information content (AvgIpc) is 2.88. The molecule has 0 spiro atoms. The van der Waals surface area contributed by atoms with Crippen molar-refractivity contribution in [2.24, 2.45) is 0 Å². The summed E-state index contributed by atoms with van der Waals surface area (Å²) in [5.41, 5.74) is 2.87. The molecule has 0 aliphatic heterocycles. The Balaban J connectivity index is 2.01. The van der Waals surface area contributed by atoms with Crippen molar-refractivity contribution in [1.29, 1.82) is 0 Å². The van der Waals surface area contributed by atoms with Crippen molar-refractivity contribution in [3.05, 3.63) is 94.5 Å². The number of halogens is 1. The van der Waals surface area contributed by atoms with Crippen LogP contribution in [0.25, 0.3) is 0 Å². The van der Waals surface area contributed by atoms with Gasteiger partial charge in [-0.15, -0.1) is 0 Å². The van der Waals surface area contributed by atoms with Crippen LogP contribution in [-0.4, -0.2) is 50.8 Å². The van der Waals surface area contributed by atoms with Crippen LogP contribution in [0.15, 0.2) is 77.7 Å². The lowest BCUT2D eigenvalue weighted by Gasteiger charge is -2.32. The number of carbonyl (C=O) groups excluding carboxylic acids is 2. The minimum Gasteiger partial charge on any atom is -0.355 e. The lowest BCUT2D eigenvalue weighted by atomic mass is 10.1. The Hall–Kier alpha value is -3.36. The normalized spacial score (nSPS) is 12.0. The van der Waals surface area contributed by atoms with Gasteiger partial charge in [-0.25, -0.2) is 8.42 Å². The van der Waals surface area contributed by atoms with E-state index in [4.69, 9.17) is 11.6 Å². The molecule has 0 saturated carbocycles. The smallest absolute Gasteiger partial charge is 0.264 e. The summed E-state index contributed by atoms with van der Waals surface area (Å²) in [6.07, 6.45) is 0.515. The molecule has 3 rings (SSSR count). The zero-order chi connectivity index (χ0) is 27.9. The largest absolute Gasteiger partial charge is 0.355 e. The fourth-order valence-corrected chi connectivity index (χ4v) is 5.85. The number of hydrogen-bond acceptors (Lipinski definition) is 4. The first-order chi connectivity index (χ1) is 18.0. The summed E-state index contributed by atoms with van der Waals surface area (Å²) >= 11 is 6.14. The molecule has 0 saturated heterocycles. The van der Waals surface area contributed by atoms with Gasteiger partial charge in [0.1, 0.15) is 12.6 Å². The van der Waals surface area contributed by atoms with E-state index in [9.17, 15) is 18.0 Å². The summed E-state index contributed by atoms with van der Waals surface area (Å²) in [5.74, 6) is -0.783. The van der Waals surface area contributed by atoms with Crippen LogP contribution in [0.4, 0.5) is 5.69 Å². The molecule has 9 heteroatoms. The highest BCUT2D eigenvalue weighted by atomic mass is 35.5. The van der Waals surface area contributed by atoms with Crippen LogP contribution in [0, 0.1) is 13.8 Å². The van der Waals surface area contributed by atoms with Crippen LogP contribution in [-0.2, 0) is 26.0 Å². The van der Waals surface area contributed by atoms with E-state index in [2.05, 4.69) is 5.32 Å². The van der Waals surface area contributed by atoms with E-state index in [0.29, 0.717) is 29.2 Å². The third kappa shape index (κ3) is 7.14. The molecule has 0 bridgehead atoms. The Morgan fingerprint density at radius 2 is 1.63 bits per heavy atom. The summed E-state index contributed by atoms with van der Waals surface area (Å²) in [7, 11) is -4.12. The lowest BCUT2D eigenvalue weighted by Crippen LogP contribution is -2.52. The van der Waals surface area contributed by atoms with Gasteiger partial charge in [-0.1, -0.05) is 59.6 Å². The van der Waals surface area contributed by atoms with Crippen molar-refractivity contribution in [1.82, 2.24) is 10.2 Å². The molecule has 0 radical (unpaired) electrons. The maximum Gasteiger partial charge on any atom is 0.264 e. The third-order valence-corrected chi connectivity index (χ3v) is 8.33. The summed E-state index contributed by atoms with van der Waals surface area (Å²) < 4.78 is 28.8. The van der Waals surface area contributed by atoms with Crippen molar-refractivity contribution in [2.75, 3.05) is 23.9 Å². The zero-order valence-electron chi connectivity index (χ0n) is 22.1. The number of nitrogens with zero attached hydrogens (tertiary/aromatic N) is 2. The molecule has 3 aromatic rings. The molecule has 0 heterocycles. The number of benzene rings is 3. The monoisotopic (exact) mass is 555 g/mol. The van der Waals surface area contributed by atoms with E-state index >= 15 is 0 Å². The third-order valence-electron chi connectivity index (χ3n) is 6.32. The number of anilines is 1. The first-order valence-electron chi connectivity index (χ1n) is 12.5. The highest BCUT2D eigenvalue weighted by molar-refractivity contribution is 7.92. The maximum atomic E-state index is 13.9. The average molecular weight is 556 g/mol. The molecular formula is C29H34ClN3O4S. The van der Waals surface area contributed by atoms with E-state index < -0.39 is 28.5 Å². The Labute approximate surface area is 230 Å². The Morgan fingerprint density at radius 3 is 2.24 bits per heavy atom. The van der Waals surface area contributed by atoms with Gasteiger partial charge >= 0.3 is 0 Å². The molecule has 0 aliphatic carbocycles. The van der Waals surface area contributed by atoms with Crippen LogP contribution in [0.1, 0.15) is 30.5 Å². The lowest BCUT2D eigenvalue weighted by molar-refractivity contribution is -0.138. The van der Waals surface area contributed by atoms with Crippen LogP contribution in [0.5, 0.6) is 0 Å². The Kier molecular flexibility index (Phi) is 9.94. The van der Waals surface area contributed by atoms with Gasteiger partial charge in [-0.05, 0) is 75.6 Å². The molecule has 1 N–H and O–H groups in total. The SMILES string of the molecule is CCNC(=O)[C@@H](C)N(CCc1ccccc1)C(=O)CN(c1ccc(Cl)cc1C)S(=O)(=O)c1ccc(C)cc1. The number of sulfonamides is 1. The molecule has 0 unspecified atom stereocenters. The fraction of sp³-hybridized carbons (Fsp3) is 0.310. The van der Waals surface area contributed by atoms with Crippen molar-refractivity contribution < 1.29 is 18.0 Å². The topological polar surface area (TPSA) is 86.8 Å². The van der Waals surface area contributed by atoms with E-state index in [1.807, 2.05) is 37.3 Å². The van der Waals surface area contributed by atoms with Crippen molar-refractivity contribution in [3.63, 3.8) is 0 Å². The predicted octanol–water partition coefficient (Wildman–Crippen LogP) is 4.75. The minimum atomic E-state index is -4.12. The van der Waals surface area contributed by atoms with Gasteiger partial charge in [0.05, 0.1) is 10.6 Å². The second-order valence-corrected chi connectivity index (χ2v) is 11.4. The maximum absolute atomic E-state index is 13.9. The van der Waals surface area contributed by atoms with Crippen LogP contribution in [0.2, 0.25) is 5.02 Å². The second kappa shape index (κ2) is 12.9. The molecule has 38 heavy (non-hydrogen) atoms. The van der Waals surface area contributed by atoms with Gasteiger partial charge in [0.25, 0.3) is 10.0 Å². The van der Waals surface area contributed by atoms with Crippen LogP contribution < -0.4 is 9.62 Å². The first kappa shape index (κ1) is 29.2. The number of aryl methyl sites for hydroxylation is 2. The molecule has 2 amide bonds. The van der Waals surface area contributed by atoms with Crippen molar-refractivity contribution in [3.8, 4) is 0 Å². The van der Waals surface area contributed by atoms with Gasteiger partial charge < -0.3 is 10.2 Å². The van der Waals surface area contributed by atoms with E-state index in [-0.39, 0.29) is 17.3 Å². The number of likely N-dealkylation sites (N-methyl/N-ethyl adjacent to an activating group) is 1. The van der Waals surface area contributed by atoms with E-state index in [1.54, 1.807) is 51.1 Å². The molecule has 0 aromatic heterocycles. The standard InChI is InChI=1S/C29H34ClN3O4S/c1-5-31-29(35)23(4)32(18-17-24-9-7-6-8-10-24)28(34)20-33(27-16-13-25(30)19-22(27)3)38(36,37)26-14-11-21(2)12-15-26/h6-16,19,23H,5,17-18,20H2,1-4H3,(H,31,35)/t23-/m1/s1. The summed E-state index contributed by atoms with van der Waals surface area (Å²) in [4.78, 5) is 28.1. The number of nitrogens with one attached hydrogen (secondary N) is 1.